The molecular weight excluding hydrogens is 329 g/mol. The van der Waals surface area contributed by atoms with E-state index in [1.54, 1.807) is 11.0 Å². The minimum absolute atomic E-state index is 0.0984. The van der Waals surface area contributed by atoms with Crippen molar-refractivity contribution < 1.29 is 14.0 Å². The predicted octanol–water partition coefficient (Wildman–Crippen LogP) is 3.15. The Labute approximate surface area is 141 Å². The Hall–Kier alpha value is -2.54. The first-order valence-electron chi connectivity index (χ1n) is 7.60. The van der Waals surface area contributed by atoms with Crippen LogP contribution in [-0.2, 0) is 9.59 Å². The maximum Gasteiger partial charge on any atom is 0.249 e. The van der Waals surface area contributed by atoms with E-state index in [4.69, 9.17) is 0 Å². The maximum absolute atomic E-state index is 13.3. The van der Waals surface area contributed by atoms with Crippen LogP contribution in [0.2, 0.25) is 0 Å². The van der Waals surface area contributed by atoms with Gasteiger partial charge in [0.2, 0.25) is 11.8 Å². The number of rotatable bonds is 2. The highest BCUT2D eigenvalue weighted by atomic mass is 32.1. The molecule has 3 aromatic rings. The molecule has 0 aliphatic carbocycles. The predicted molar refractivity (Wildman–Crippen MR) is 91.5 cm³/mol. The smallest absolute Gasteiger partial charge is 0.249 e. The van der Waals surface area contributed by atoms with E-state index in [-0.39, 0.29) is 17.6 Å². The molecule has 0 spiro atoms. The number of nitrogens with zero attached hydrogens (tertiary/aromatic N) is 2. The molecule has 2 heterocycles. The summed E-state index contributed by atoms with van der Waals surface area (Å²) in [6.45, 7) is 2.08. The van der Waals surface area contributed by atoms with Crippen molar-refractivity contribution in [3.8, 4) is 0 Å². The molecule has 1 atom stereocenters. The SMILES string of the molecule is CC(=O)N1CC[C@H]1C(=O)Nc1nc2ccc3cc(F)ccc3c2s1. The van der Waals surface area contributed by atoms with Crippen LogP contribution in [0.1, 0.15) is 13.3 Å². The summed E-state index contributed by atoms with van der Waals surface area (Å²) in [4.78, 5) is 29.7. The third-order valence-electron chi connectivity index (χ3n) is 4.29. The van der Waals surface area contributed by atoms with Crippen molar-refractivity contribution >= 4 is 49.3 Å². The highest BCUT2D eigenvalue weighted by molar-refractivity contribution is 7.23. The number of fused-ring (bicyclic) bond motifs is 3. The van der Waals surface area contributed by atoms with Crippen LogP contribution < -0.4 is 5.32 Å². The van der Waals surface area contributed by atoms with Gasteiger partial charge in [0.25, 0.3) is 0 Å². The lowest BCUT2D eigenvalue weighted by Crippen LogP contribution is -2.56. The van der Waals surface area contributed by atoms with Gasteiger partial charge in [-0.3, -0.25) is 9.59 Å². The summed E-state index contributed by atoms with van der Waals surface area (Å²) >= 11 is 1.35. The minimum Gasteiger partial charge on any atom is -0.331 e. The molecule has 1 N–H and O–H groups in total. The Morgan fingerprint density at radius 3 is 2.88 bits per heavy atom. The minimum atomic E-state index is -0.416. The molecule has 0 radical (unpaired) electrons. The zero-order chi connectivity index (χ0) is 16.8. The van der Waals surface area contributed by atoms with Crippen LogP contribution in [0.4, 0.5) is 9.52 Å². The van der Waals surface area contributed by atoms with E-state index in [9.17, 15) is 14.0 Å². The van der Waals surface area contributed by atoms with E-state index in [1.165, 1.54) is 30.4 Å². The van der Waals surface area contributed by atoms with Crippen LogP contribution in [-0.4, -0.2) is 34.3 Å². The summed E-state index contributed by atoms with van der Waals surface area (Å²) in [5.74, 6) is -0.598. The summed E-state index contributed by atoms with van der Waals surface area (Å²) in [5, 5.41) is 4.98. The van der Waals surface area contributed by atoms with Crippen molar-refractivity contribution in [3.63, 3.8) is 0 Å². The van der Waals surface area contributed by atoms with Crippen molar-refractivity contribution in [2.24, 2.45) is 0 Å². The first-order chi connectivity index (χ1) is 11.5. The summed E-state index contributed by atoms with van der Waals surface area (Å²) in [6, 6.07) is 7.83. The number of thiazole rings is 1. The standard InChI is InChI=1S/C17H14FN3O2S/c1-9(22)21-7-6-14(21)16(23)20-17-19-13-5-2-10-8-11(18)3-4-12(10)15(13)24-17/h2-5,8,14H,6-7H2,1H3,(H,19,20,23)/t14-/m0/s1. The number of anilines is 1. The van der Waals surface area contributed by atoms with Crippen molar-refractivity contribution in [1.29, 1.82) is 0 Å². The van der Waals surface area contributed by atoms with Gasteiger partial charge >= 0.3 is 0 Å². The summed E-state index contributed by atoms with van der Waals surface area (Å²) in [5.41, 5.74) is 0.756. The molecule has 2 amide bonds. The molecule has 1 aliphatic heterocycles. The van der Waals surface area contributed by atoms with Gasteiger partial charge in [-0.05, 0) is 36.1 Å². The second kappa shape index (κ2) is 5.52. The van der Waals surface area contributed by atoms with Crippen LogP contribution in [0, 0.1) is 5.82 Å². The molecule has 0 saturated carbocycles. The first kappa shape index (κ1) is 15.0. The first-order valence-corrected chi connectivity index (χ1v) is 8.41. The van der Waals surface area contributed by atoms with Gasteiger partial charge in [0, 0.05) is 18.9 Å². The molecule has 5 nitrogen and oxygen atoms in total. The second-order valence-corrected chi connectivity index (χ2v) is 6.80. The molecule has 0 unspecified atom stereocenters. The van der Waals surface area contributed by atoms with Gasteiger partial charge in [-0.15, -0.1) is 0 Å². The highest BCUT2D eigenvalue weighted by Gasteiger charge is 2.36. The molecular formula is C17H14FN3O2S. The van der Waals surface area contributed by atoms with E-state index in [2.05, 4.69) is 10.3 Å². The highest BCUT2D eigenvalue weighted by Crippen LogP contribution is 2.33. The van der Waals surface area contributed by atoms with Crippen LogP contribution >= 0.6 is 11.3 Å². The monoisotopic (exact) mass is 343 g/mol. The molecule has 7 heteroatoms. The summed E-state index contributed by atoms with van der Waals surface area (Å²) in [7, 11) is 0. The largest absolute Gasteiger partial charge is 0.331 e. The van der Waals surface area contributed by atoms with E-state index in [0.717, 1.165) is 21.0 Å². The van der Waals surface area contributed by atoms with Crippen molar-refractivity contribution in [1.82, 2.24) is 9.88 Å². The maximum atomic E-state index is 13.3. The van der Waals surface area contributed by atoms with E-state index in [0.29, 0.717) is 18.1 Å². The van der Waals surface area contributed by atoms with Gasteiger partial charge in [0.05, 0.1) is 10.2 Å². The molecule has 1 fully saturated rings. The molecule has 4 rings (SSSR count). The van der Waals surface area contributed by atoms with Crippen molar-refractivity contribution in [3.05, 3.63) is 36.1 Å². The number of benzene rings is 2. The Kier molecular flexibility index (Phi) is 3.45. The number of nitrogens with one attached hydrogen (secondary N) is 1. The number of amides is 2. The number of hydrogen-bond donors (Lipinski definition) is 1. The number of carbonyl (C=O) groups is 2. The number of likely N-dealkylation sites (tertiary alicyclic amines) is 1. The fourth-order valence-electron chi connectivity index (χ4n) is 2.96. The molecule has 2 aromatic carbocycles. The molecule has 24 heavy (non-hydrogen) atoms. The third-order valence-corrected chi connectivity index (χ3v) is 5.31. The Bertz CT molecular complexity index is 985. The van der Waals surface area contributed by atoms with Gasteiger partial charge in [-0.25, -0.2) is 9.37 Å². The molecule has 1 aromatic heterocycles. The van der Waals surface area contributed by atoms with Gasteiger partial charge in [0.15, 0.2) is 5.13 Å². The van der Waals surface area contributed by atoms with E-state index >= 15 is 0 Å². The van der Waals surface area contributed by atoms with Gasteiger partial charge in [-0.1, -0.05) is 17.4 Å². The third kappa shape index (κ3) is 2.41. The molecule has 122 valence electrons. The molecule has 1 aliphatic rings. The number of hydrogen-bond acceptors (Lipinski definition) is 4. The van der Waals surface area contributed by atoms with Gasteiger partial charge in [-0.2, -0.15) is 0 Å². The summed E-state index contributed by atoms with van der Waals surface area (Å²) < 4.78 is 14.3. The van der Waals surface area contributed by atoms with Crippen molar-refractivity contribution in [2.75, 3.05) is 11.9 Å². The normalized spacial score (nSPS) is 17.1. The average molecular weight is 343 g/mol. The zero-order valence-electron chi connectivity index (χ0n) is 12.9. The second-order valence-electron chi connectivity index (χ2n) is 5.80. The fourth-order valence-corrected chi connectivity index (χ4v) is 3.97. The molecule has 0 bridgehead atoms. The number of carbonyl (C=O) groups excluding carboxylic acids is 2. The Morgan fingerprint density at radius 2 is 2.17 bits per heavy atom. The Morgan fingerprint density at radius 1 is 1.33 bits per heavy atom. The topological polar surface area (TPSA) is 62.3 Å². The lowest BCUT2D eigenvalue weighted by Gasteiger charge is -2.38. The molecule has 1 saturated heterocycles. The van der Waals surface area contributed by atoms with Gasteiger partial charge in [0.1, 0.15) is 11.9 Å². The fraction of sp³-hybridized carbons (Fsp3) is 0.235. The number of halogens is 1. The van der Waals surface area contributed by atoms with Crippen LogP contribution in [0.25, 0.3) is 21.0 Å². The van der Waals surface area contributed by atoms with Crippen LogP contribution in [0.5, 0.6) is 0 Å². The van der Waals surface area contributed by atoms with E-state index in [1.807, 2.05) is 12.1 Å². The lowest BCUT2D eigenvalue weighted by molar-refractivity contribution is -0.143. The average Bonchev–Trinajstić information content (AvgIpc) is 2.87. The van der Waals surface area contributed by atoms with Crippen LogP contribution in [0.15, 0.2) is 30.3 Å². The van der Waals surface area contributed by atoms with Crippen molar-refractivity contribution in [2.45, 2.75) is 19.4 Å². The summed E-state index contributed by atoms with van der Waals surface area (Å²) in [6.07, 6.45) is 0.665. The zero-order valence-corrected chi connectivity index (χ0v) is 13.7. The van der Waals surface area contributed by atoms with Gasteiger partial charge < -0.3 is 10.2 Å². The van der Waals surface area contributed by atoms with E-state index < -0.39 is 6.04 Å². The van der Waals surface area contributed by atoms with Crippen LogP contribution in [0.3, 0.4) is 0 Å². The lowest BCUT2D eigenvalue weighted by atomic mass is 10.0. The Balaban J connectivity index is 1.64. The number of aromatic nitrogens is 1. The quantitative estimate of drug-likeness (QED) is 0.777.